The third-order valence-corrected chi connectivity index (χ3v) is 2.24. The number of benzene rings is 1. The second kappa shape index (κ2) is 5.16. The lowest BCUT2D eigenvalue weighted by molar-refractivity contribution is -0.122. The molecule has 0 aliphatic heterocycles. The largest absolute Gasteiger partial charge is 0.405 e. The van der Waals surface area contributed by atoms with E-state index in [1.165, 1.54) is 0 Å². The highest BCUT2D eigenvalue weighted by atomic mass is 19.4. The van der Waals surface area contributed by atoms with Crippen LogP contribution in [0.4, 0.5) is 29.3 Å². The van der Waals surface area contributed by atoms with E-state index in [1.807, 2.05) is 0 Å². The summed E-state index contributed by atoms with van der Waals surface area (Å²) in [4.78, 5) is 11.3. The monoisotopic (exact) mass is 261 g/mol. The fourth-order valence-corrected chi connectivity index (χ4v) is 1.53. The standard InChI is InChI=1S/C11H14F3N3O/c1-6-3-8(15)4-7(2)9(6)17-10(18)16-5-11(12,13)14/h3-4H,5,15H2,1-2H3,(H2,16,17,18). The summed E-state index contributed by atoms with van der Waals surface area (Å²) < 4.78 is 35.7. The summed E-state index contributed by atoms with van der Waals surface area (Å²) in [7, 11) is 0. The van der Waals surface area contributed by atoms with Gasteiger partial charge < -0.3 is 16.4 Å². The van der Waals surface area contributed by atoms with Gasteiger partial charge in [0.1, 0.15) is 6.54 Å². The number of hydrogen-bond donors (Lipinski definition) is 3. The molecule has 4 N–H and O–H groups in total. The minimum absolute atomic E-state index is 0.462. The van der Waals surface area contributed by atoms with Crippen LogP contribution in [-0.4, -0.2) is 18.8 Å². The molecule has 0 unspecified atom stereocenters. The molecular formula is C11H14F3N3O. The van der Waals surface area contributed by atoms with E-state index in [0.717, 1.165) is 0 Å². The number of halogens is 3. The molecule has 0 aromatic heterocycles. The molecule has 0 aliphatic rings. The van der Waals surface area contributed by atoms with Crippen LogP contribution in [-0.2, 0) is 0 Å². The highest BCUT2D eigenvalue weighted by Crippen LogP contribution is 2.23. The van der Waals surface area contributed by atoms with Crippen LogP contribution < -0.4 is 16.4 Å². The maximum atomic E-state index is 11.9. The molecule has 2 amide bonds. The minimum atomic E-state index is -4.43. The van der Waals surface area contributed by atoms with Crippen molar-refractivity contribution >= 4 is 17.4 Å². The number of carbonyl (C=O) groups is 1. The first kappa shape index (κ1) is 14.1. The van der Waals surface area contributed by atoms with Crippen molar-refractivity contribution in [1.82, 2.24) is 5.32 Å². The van der Waals surface area contributed by atoms with Gasteiger partial charge in [0.05, 0.1) is 0 Å². The highest BCUT2D eigenvalue weighted by molar-refractivity contribution is 5.91. The molecule has 0 bridgehead atoms. The molecule has 1 aromatic rings. The summed E-state index contributed by atoms with van der Waals surface area (Å²) in [5, 5.41) is 4.11. The van der Waals surface area contributed by atoms with Gasteiger partial charge in [-0.1, -0.05) is 0 Å². The first-order chi connectivity index (χ1) is 8.19. The quantitative estimate of drug-likeness (QED) is 0.716. The van der Waals surface area contributed by atoms with Crippen molar-refractivity contribution < 1.29 is 18.0 Å². The number of carbonyl (C=O) groups excluding carboxylic acids is 1. The molecular weight excluding hydrogens is 247 g/mol. The molecule has 0 saturated heterocycles. The molecule has 0 aliphatic carbocycles. The molecule has 0 atom stereocenters. The summed E-state index contributed by atoms with van der Waals surface area (Å²) in [5.41, 5.74) is 7.97. The van der Waals surface area contributed by atoms with E-state index in [9.17, 15) is 18.0 Å². The van der Waals surface area contributed by atoms with Crippen molar-refractivity contribution in [2.24, 2.45) is 0 Å². The number of hydrogen-bond acceptors (Lipinski definition) is 2. The molecule has 0 saturated carbocycles. The topological polar surface area (TPSA) is 67.1 Å². The number of nitrogen functional groups attached to an aromatic ring is 1. The average molecular weight is 261 g/mol. The highest BCUT2D eigenvalue weighted by Gasteiger charge is 2.27. The Morgan fingerprint density at radius 2 is 1.78 bits per heavy atom. The minimum Gasteiger partial charge on any atom is -0.399 e. The van der Waals surface area contributed by atoms with E-state index < -0.39 is 18.8 Å². The molecule has 0 radical (unpaired) electrons. The zero-order valence-corrected chi connectivity index (χ0v) is 9.98. The van der Waals surface area contributed by atoms with Crippen LogP contribution in [0, 0.1) is 13.8 Å². The fourth-order valence-electron chi connectivity index (χ4n) is 1.53. The van der Waals surface area contributed by atoms with Crippen molar-refractivity contribution in [2.75, 3.05) is 17.6 Å². The first-order valence-corrected chi connectivity index (χ1v) is 5.17. The van der Waals surface area contributed by atoms with Gasteiger partial charge in [0.25, 0.3) is 0 Å². The average Bonchev–Trinajstić information content (AvgIpc) is 2.19. The van der Waals surface area contributed by atoms with Gasteiger partial charge in [-0.3, -0.25) is 0 Å². The molecule has 1 aromatic carbocycles. The Kier molecular flexibility index (Phi) is 4.05. The Morgan fingerprint density at radius 1 is 1.28 bits per heavy atom. The lowest BCUT2D eigenvalue weighted by Crippen LogP contribution is -2.36. The van der Waals surface area contributed by atoms with E-state index in [4.69, 9.17) is 5.73 Å². The maximum absolute atomic E-state index is 11.9. The zero-order valence-electron chi connectivity index (χ0n) is 9.98. The van der Waals surface area contributed by atoms with Gasteiger partial charge in [-0.25, -0.2) is 4.79 Å². The summed E-state index contributed by atoms with van der Waals surface area (Å²) in [6.07, 6.45) is -4.43. The predicted octanol–water partition coefficient (Wildman–Crippen LogP) is 2.57. The van der Waals surface area contributed by atoms with Crippen molar-refractivity contribution in [2.45, 2.75) is 20.0 Å². The Balaban J connectivity index is 2.71. The fraction of sp³-hybridized carbons (Fsp3) is 0.364. The second-order valence-electron chi connectivity index (χ2n) is 3.95. The summed E-state index contributed by atoms with van der Waals surface area (Å²) >= 11 is 0. The van der Waals surface area contributed by atoms with Gasteiger partial charge in [-0.05, 0) is 37.1 Å². The predicted molar refractivity (Wildman–Crippen MR) is 63.4 cm³/mol. The smallest absolute Gasteiger partial charge is 0.399 e. The summed E-state index contributed by atoms with van der Waals surface area (Å²) in [6, 6.07) is 2.36. The molecule has 0 heterocycles. The third-order valence-electron chi connectivity index (χ3n) is 2.24. The Hall–Kier alpha value is -1.92. The normalized spacial score (nSPS) is 11.2. The second-order valence-corrected chi connectivity index (χ2v) is 3.95. The van der Waals surface area contributed by atoms with Gasteiger partial charge in [0.2, 0.25) is 0 Å². The van der Waals surface area contributed by atoms with Gasteiger partial charge in [-0.2, -0.15) is 13.2 Å². The lowest BCUT2D eigenvalue weighted by Gasteiger charge is -2.14. The number of nitrogens with two attached hydrogens (primary N) is 1. The molecule has 0 spiro atoms. The van der Waals surface area contributed by atoms with Crippen molar-refractivity contribution in [3.63, 3.8) is 0 Å². The number of amides is 2. The molecule has 100 valence electrons. The Bertz CT molecular complexity index is 434. The van der Waals surface area contributed by atoms with Gasteiger partial charge in [0, 0.05) is 11.4 Å². The summed E-state index contributed by atoms with van der Waals surface area (Å²) in [5.74, 6) is 0. The van der Waals surface area contributed by atoms with Gasteiger partial charge in [-0.15, -0.1) is 0 Å². The molecule has 4 nitrogen and oxygen atoms in total. The van der Waals surface area contributed by atoms with Crippen LogP contribution in [0.3, 0.4) is 0 Å². The number of rotatable bonds is 2. The first-order valence-electron chi connectivity index (χ1n) is 5.17. The SMILES string of the molecule is Cc1cc(N)cc(C)c1NC(=O)NCC(F)(F)F. The number of anilines is 2. The summed E-state index contributed by atoms with van der Waals surface area (Å²) in [6.45, 7) is 2.05. The van der Waals surface area contributed by atoms with Crippen molar-refractivity contribution in [3.8, 4) is 0 Å². The van der Waals surface area contributed by atoms with Crippen LogP contribution in [0.2, 0.25) is 0 Å². The van der Waals surface area contributed by atoms with Crippen LogP contribution in [0.15, 0.2) is 12.1 Å². The van der Waals surface area contributed by atoms with Crippen LogP contribution >= 0.6 is 0 Å². The van der Waals surface area contributed by atoms with E-state index in [1.54, 1.807) is 31.3 Å². The van der Waals surface area contributed by atoms with E-state index in [2.05, 4.69) is 5.32 Å². The maximum Gasteiger partial charge on any atom is 0.405 e. The van der Waals surface area contributed by atoms with Gasteiger partial charge in [0.15, 0.2) is 0 Å². The Morgan fingerprint density at radius 3 is 2.22 bits per heavy atom. The lowest BCUT2D eigenvalue weighted by atomic mass is 10.1. The van der Waals surface area contributed by atoms with E-state index in [0.29, 0.717) is 22.5 Å². The van der Waals surface area contributed by atoms with Crippen LogP contribution in [0.5, 0.6) is 0 Å². The van der Waals surface area contributed by atoms with Crippen LogP contribution in [0.1, 0.15) is 11.1 Å². The molecule has 7 heteroatoms. The number of urea groups is 1. The van der Waals surface area contributed by atoms with Crippen molar-refractivity contribution in [3.05, 3.63) is 23.3 Å². The Labute approximate surface area is 102 Å². The van der Waals surface area contributed by atoms with E-state index in [-0.39, 0.29) is 0 Å². The number of aryl methyl sites for hydroxylation is 2. The van der Waals surface area contributed by atoms with Crippen molar-refractivity contribution in [1.29, 1.82) is 0 Å². The van der Waals surface area contributed by atoms with Crippen LogP contribution in [0.25, 0.3) is 0 Å². The molecule has 0 fully saturated rings. The number of nitrogens with one attached hydrogen (secondary N) is 2. The number of alkyl halides is 3. The molecule has 1 rings (SSSR count). The third kappa shape index (κ3) is 4.15. The van der Waals surface area contributed by atoms with E-state index >= 15 is 0 Å². The molecule has 18 heavy (non-hydrogen) atoms. The van der Waals surface area contributed by atoms with Gasteiger partial charge >= 0.3 is 12.2 Å². The zero-order chi connectivity index (χ0) is 13.9.